The van der Waals surface area contributed by atoms with Crippen molar-refractivity contribution in [2.75, 3.05) is 0 Å². The van der Waals surface area contributed by atoms with Crippen molar-refractivity contribution in [2.45, 2.75) is 37.8 Å². The monoisotopic (exact) mass is 430 g/mol. The van der Waals surface area contributed by atoms with Crippen LogP contribution in [0.4, 0.5) is 0 Å². The van der Waals surface area contributed by atoms with Gasteiger partial charge in [-0.1, -0.05) is 41.6 Å². The molecule has 0 atom stereocenters. The largest absolute Gasteiger partial charge is 0.280 e. The summed E-state index contributed by atoms with van der Waals surface area (Å²) in [6, 6.07) is 11.8. The first kappa shape index (κ1) is 19.2. The maximum Gasteiger partial charge on any atom is 0.280 e. The Bertz CT molecular complexity index is 1160. The van der Waals surface area contributed by atoms with E-state index in [9.17, 15) is 4.79 Å². The lowest BCUT2D eigenvalue weighted by molar-refractivity contribution is 0.640. The molecule has 3 heterocycles. The van der Waals surface area contributed by atoms with Gasteiger partial charge in [-0.25, -0.2) is 4.98 Å². The molecule has 4 aromatic rings. The molecule has 144 valence electrons. The molecule has 0 radical (unpaired) electrons. The van der Waals surface area contributed by atoms with Crippen LogP contribution in [-0.2, 0) is 18.8 Å². The first-order valence-electron chi connectivity index (χ1n) is 8.94. The van der Waals surface area contributed by atoms with E-state index in [1.54, 1.807) is 32.3 Å². The molecule has 1 aromatic carbocycles. The Morgan fingerprint density at radius 1 is 1.21 bits per heavy atom. The lowest BCUT2D eigenvalue weighted by Crippen LogP contribution is -2.25. The van der Waals surface area contributed by atoms with Crippen LogP contribution in [0.5, 0.6) is 0 Å². The number of hydrogen-bond donors (Lipinski definition) is 0. The van der Waals surface area contributed by atoms with Gasteiger partial charge in [0.25, 0.3) is 5.56 Å². The highest BCUT2D eigenvalue weighted by Gasteiger charge is 2.18. The molecule has 0 unspecified atom stereocenters. The number of rotatable bonds is 6. The van der Waals surface area contributed by atoms with Gasteiger partial charge in [0.1, 0.15) is 5.52 Å². The molecule has 0 fully saturated rings. The molecule has 0 amide bonds. The third-order valence-electron chi connectivity index (χ3n) is 4.46. The van der Waals surface area contributed by atoms with E-state index in [1.807, 2.05) is 55.6 Å². The van der Waals surface area contributed by atoms with Gasteiger partial charge in [-0.05, 0) is 43.0 Å². The summed E-state index contributed by atoms with van der Waals surface area (Å²) in [7, 11) is 0. The molecule has 0 aliphatic rings. The normalized spacial score (nSPS) is 11.4. The third kappa shape index (κ3) is 3.74. The number of fused-ring (bicyclic) bond motifs is 1. The van der Waals surface area contributed by atoms with Crippen LogP contribution in [0, 0.1) is 6.92 Å². The van der Waals surface area contributed by atoms with Gasteiger partial charge >= 0.3 is 0 Å². The highest BCUT2D eigenvalue weighted by atomic mass is 35.5. The van der Waals surface area contributed by atoms with Gasteiger partial charge in [-0.15, -0.1) is 11.3 Å². The Kier molecular flexibility index (Phi) is 5.57. The van der Waals surface area contributed by atoms with Gasteiger partial charge in [0.2, 0.25) is 0 Å². The standard InChI is InChI=1S/C20H19ClN4OS2/c1-3-25-18-17(13(2)23-25)22-20(28-12-14-6-8-15(21)9-7-14)24(19(18)26)11-16-5-4-10-27-16/h4-10H,3,11-12H2,1-2H3. The van der Waals surface area contributed by atoms with Crippen LogP contribution in [0.25, 0.3) is 11.0 Å². The number of aryl methyl sites for hydroxylation is 2. The zero-order chi connectivity index (χ0) is 19.7. The summed E-state index contributed by atoms with van der Waals surface area (Å²) < 4.78 is 3.51. The van der Waals surface area contributed by atoms with Crippen LogP contribution in [0.1, 0.15) is 23.1 Å². The molecule has 28 heavy (non-hydrogen) atoms. The van der Waals surface area contributed by atoms with Gasteiger partial charge < -0.3 is 0 Å². The van der Waals surface area contributed by atoms with Crippen LogP contribution in [0.3, 0.4) is 0 Å². The summed E-state index contributed by atoms with van der Waals surface area (Å²) in [4.78, 5) is 19.3. The number of nitrogens with zero attached hydrogens (tertiary/aromatic N) is 4. The van der Waals surface area contributed by atoms with Crippen LogP contribution in [0.2, 0.25) is 5.02 Å². The first-order valence-corrected chi connectivity index (χ1v) is 11.2. The summed E-state index contributed by atoms with van der Waals surface area (Å²) >= 11 is 9.18. The summed E-state index contributed by atoms with van der Waals surface area (Å²) in [6.45, 7) is 5.03. The number of benzene rings is 1. The summed E-state index contributed by atoms with van der Waals surface area (Å²) in [5, 5.41) is 7.94. The zero-order valence-electron chi connectivity index (χ0n) is 15.6. The minimum absolute atomic E-state index is 0.0422. The first-order chi connectivity index (χ1) is 13.6. The van der Waals surface area contributed by atoms with Gasteiger partial charge in [-0.3, -0.25) is 14.0 Å². The van der Waals surface area contributed by atoms with E-state index in [2.05, 4.69) is 5.10 Å². The summed E-state index contributed by atoms with van der Waals surface area (Å²) in [6.07, 6.45) is 0. The number of halogens is 1. The van der Waals surface area contributed by atoms with E-state index in [0.29, 0.717) is 40.1 Å². The molecular formula is C20H19ClN4OS2. The highest BCUT2D eigenvalue weighted by Crippen LogP contribution is 2.25. The van der Waals surface area contributed by atoms with Crippen LogP contribution >= 0.6 is 34.7 Å². The maximum absolute atomic E-state index is 13.4. The Morgan fingerprint density at radius 2 is 2.00 bits per heavy atom. The second-order valence-electron chi connectivity index (χ2n) is 6.38. The van der Waals surface area contributed by atoms with Crippen LogP contribution in [-0.4, -0.2) is 19.3 Å². The molecule has 4 rings (SSSR count). The van der Waals surface area contributed by atoms with Crippen molar-refractivity contribution in [3.05, 3.63) is 73.3 Å². The fourth-order valence-corrected chi connectivity index (χ4v) is 4.82. The zero-order valence-corrected chi connectivity index (χ0v) is 17.9. The quantitative estimate of drug-likeness (QED) is 0.320. The molecule has 5 nitrogen and oxygen atoms in total. The second kappa shape index (κ2) is 8.11. The molecule has 0 aliphatic carbocycles. The Balaban J connectivity index is 1.79. The summed E-state index contributed by atoms with van der Waals surface area (Å²) in [5.74, 6) is 0.709. The highest BCUT2D eigenvalue weighted by molar-refractivity contribution is 7.98. The molecular weight excluding hydrogens is 412 g/mol. The van der Waals surface area contributed by atoms with E-state index in [4.69, 9.17) is 16.6 Å². The number of hydrogen-bond acceptors (Lipinski definition) is 5. The minimum atomic E-state index is -0.0422. The van der Waals surface area contributed by atoms with Crippen molar-refractivity contribution in [3.63, 3.8) is 0 Å². The van der Waals surface area contributed by atoms with Crippen LogP contribution < -0.4 is 5.56 Å². The predicted molar refractivity (Wildman–Crippen MR) is 117 cm³/mol. The van der Waals surface area contributed by atoms with Gasteiger partial charge in [-0.2, -0.15) is 5.10 Å². The smallest absolute Gasteiger partial charge is 0.280 e. The predicted octanol–water partition coefficient (Wildman–Crippen LogP) is 4.98. The molecule has 0 saturated heterocycles. The Morgan fingerprint density at radius 3 is 2.68 bits per heavy atom. The van der Waals surface area contributed by atoms with Crippen molar-refractivity contribution < 1.29 is 0 Å². The lowest BCUT2D eigenvalue weighted by Gasteiger charge is -2.12. The van der Waals surface area contributed by atoms with Crippen molar-refractivity contribution >= 4 is 45.7 Å². The van der Waals surface area contributed by atoms with Crippen molar-refractivity contribution in [2.24, 2.45) is 0 Å². The maximum atomic E-state index is 13.4. The molecule has 0 bridgehead atoms. The Hall–Kier alpha value is -2.09. The van der Waals surface area contributed by atoms with Crippen molar-refractivity contribution in [3.8, 4) is 0 Å². The fourth-order valence-electron chi connectivity index (χ4n) is 3.05. The van der Waals surface area contributed by atoms with Crippen molar-refractivity contribution in [1.82, 2.24) is 19.3 Å². The molecule has 0 N–H and O–H groups in total. The lowest BCUT2D eigenvalue weighted by atomic mass is 10.2. The average Bonchev–Trinajstić information content (AvgIpc) is 3.31. The van der Waals surface area contributed by atoms with E-state index >= 15 is 0 Å². The molecule has 3 aromatic heterocycles. The topological polar surface area (TPSA) is 52.7 Å². The molecule has 0 spiro atoms. The molecule has 0 aliphatic heterocycles. The van der Waals surface area contributed by atoms with E-state index in [1.165, 1.54) is 0 Å². The number of thiophene rings is 1. The van der Waals surface area contributed by atoms with Gasteiger partial charge in [0.15, 0.2) is 10.7 Å². The van der Waals surface area contributed by atoms with E-state index < -0.39 is 0 Å². The second-order valence-corrected chi connectivity index (χ2v) is 8.79. The number of thioether (sulfide) groups is 1. The third-order valence-corrected chi connectivity index (χ3v) is 6.62. The average molecular weight is 431 g/mol. The van der Waals surface area contributed by atoms with Crippen molar-refractivity contribution in [1.29, 1.82) is 0 Å². The van der Waals surface area contributed by atoms with Crippen LogP contribution in [0.15, 0.2) is 51.7 Å². The molecule has 0 saturated carbocycles. The Labute approximate surface area is 176 Å². The SMILES string of the molecule is CCn1nc(C)c2nc(SCc3ccc(Cl)cc3)n(Cc3cccs3)c(=O)c21. The fraction of sp³-hybridized carbons (Fsp3) is 0.250. The van der Waals surface area contributed by atoms with Gasteiger partial charge in [0.05, 0.1) is 12.2 Å². The van der Waals surface area contributed by atoms with E-state index in [-0.39, 0.29) is 5.56 Å². The molecule has 8 heteroatoms. The summed E-state index contributed by atoms with van der Waals surface area (Å²) in [5.41, 5.74) is 3.14. The number of aromatic nitrogens is 4. The minimum Gasteiger partial charge on any atom is -0.280 e. The van der Waals surface area contributed by atoms with Gasteiger partial charge in [0, 0.05) is 22.2 Å². The van der Waals surface area contributed by atoms with E-state index in [0.717, 1.165) is 16.1 Å².